The van der Waals surface area contributed by atoms with E-state index in [1.807, 2.05) is 0 Å². The standard InChI is InChI=1S/C5H3BrCl2N2/c6-2-5-9-3(7)1-4(8)10-5/h1H,2H2. The predicted octanol–water partition coefficient (Wildman–Crippen LogP) is 2.68. The molecule has 0 saturated carbocycles. The number of nitrogens with zero attached hydrogens (tertiary/aromatic N) is 2. The van der Waals surface area contributed by atoms with E-state index in [1.54, 1.807) is 0 Å². The highest BCUT2D eigenvalue weighted by Crippen LogP contribution is 2.12. The highest BCUT2D eigenvalue weighted by molar-refractivity contribution is 9.08. The molecule has 0 unspecified atom stereocenters. The van der Waals surface area contributed by atoms with Crippen LogP contribution in [0.15, 0.2) is 6.07 Å². The summed E-state index contributed by atoms with van der Waals surface area (Å²) < 4.78 is 0. The van der Waals surface area contributed by atoms with E-state index >= 15 is 0 Å². The van der Waals surface area contributed by atoms with Gasteiger partial charge in [-0.1, -0.05) is 39.1 Å². The molecule has 10 heavy (non-hydrogen) atoms. The summed E-state index contributed by atoms with van der Waals surface area (Å²) in [4.78, 5) is 7.75. The second kappa shape index (κ2) is 3.51. The van der Waals surface area contributed by atoms with Crippen molar-refractivity contribution in [1.82, 2.24) is 9.97 Å². The lowest BCUT2D eigenvalue weighted by Crippen LogP contribution is -1.90. The van der Waals surface area contributed by atoms with Crippen molar-refractivity contribution in [2.75, 3.05) is 0 Å². The van der Waals surface area contributed by atoms with E-state index < -0.39 is 0 Å². The Morgan fingerprint density at radius 1 is 1.30 bits per heavy atom. The molecule has 0 fully saturated rings. The minimum absolute atomic E-state index is 0.370. The quantitative estimate of drug-likeness (QED) is 0.558. The van der Waals surface area contributed by atoms with Gasteiger partial charge in [-0.3, -0.25) is 0 Å². The Labute approximate surface area is 76.7 Å². The van der Waals surface area contributed by atoms with Gasteiger partial charge in [0.25, 0.3) is 0 Å². The van der Waals surface area contributed by atoms with Crippen molar-refractivity contribution in [1.29, 1.82) is 0 Å². The number of alkyl halides is 1. The molecule has 2 nitrogen and oxygen atoms in total. The summed E-state index contributed by atoms with van der Waals surface area (Å²) in [6, 6.07) is 1.50. The Morgan fingerprint density at radius 2 is 1.80 bits per heavy atom. The fourth-order valence-electron chi connectivity index (χ4n) is 0.494. The van der Waals surface area contributed by atoms with E-state index in [-0.39, 0.29) is 0 Å². The van der Waals surface area contributed by atoms with Crippen LogP contribution in [0.1, 0.15) is 5.82 Å². The molecule has 0 bridgehead atoms. The van der Waals surface area contributed by atoms with Crippen molar-refractivity contribution in [3.05, 3.63) is 22.2 Å². The highest BCUT2D eigenvalue weighted by Gasteiger charge is 1.98. The third-order valence-electron chi connectivity index (χ3n) is 0.829. The summed E-state index contributed by atoms with van der Waals surface area (Å²) >= 11 is 14.3. The van der Waals surface area contributed by atoms with Crippen molar-refractivity contribution in [3.63, 3.8) is 0 Å². The van der Waals surface area contributed by atoms with Gasteiger partial charge in [-0.15, -0.1) is 0 Å². The van der Waals surface area contributed by atoms with Crippen molar-refractivity contribution >= 4 is 39.1 Å². The zero-order valence-corrected chi connectivity index (χ0v) is 7.91. The average Bonchev–Trinajstić information content (AvgIpc) is 1.85. The lowest BCUT2D eigenvalue weighted by molar-refractivity contribution is 1.04. The van der Waals surface area contributed by atoms with Crippen LogP contribution in [0.2, 0.25) is 10.3 Å². The van der Waals surface area contributed by atoms with Gasteiger partial charge < -0.3 is 0 Å². The van der Waals surface area contributed by atoms with E-state index in [2.05, 4.69) is 25.9 Å². The molecule has 0 aliphatic rings. The molecule has 0 saturated heterocycles. The first-order valence-electron chi connectivity index (χ1n) is 2.47. The highest BCUT2D eigenvalue weighted by atomic mass is 79.9. The van der Waals surface area contributed by atoms with Crippen molar-refractivity contribution in [3.8, 4) is 0 Å². The first-order chi connectivity index (χ1) is 4.72. The number of aromatic nitrogens is 2. The summed E-state index contributed by atoms with van der Waals surface area (Å²) in [5.74, 6) is 0.595. The van der Waals surface area contributed by atoms with Gasteiger partial charge in [0.05, 0.1) is 5.33 Å². The molecule has 5 heteroatoms. The van der Waals surface area contributed by atoms with Crippen LogP contribution >= 0.6 is 39.1 Å². The van der Waals surface area contributed by atoms with Crippen molar-refractivity contribution < 1.29 is 0 Å². The fourth-order valence-corrected chi connectivity index (χ4v) is 1.20. The van der Waals surface area contributed by atoms with Gasteiger partial charge >= 0.3 is 0 Å². The van der Waals surface area contributed by atoms with E-state index in [9.17, 15) is 0 Å². The monoisotopic (exact) mass is 240 g/mol. The molecule has 1 heterocycles. The van der Waals surface area contributed by atoms with Gasteiger partial charge in [-0.05, 0) is 0 Å². The van der Waals surface area contributed by atoms with Crippen LogP contribution in [0.5, 0.6) is 0 Å². The van der Waals surface area contributed by atoms with Crippen molar-refractivity contribution in [2.45, 2.75) is 5.33 Å². The minimum Gasteiger partial charge on any atom is -0.220 e. The topological polar surface area (TPSA) is 25.8 Å². The Bertz CT molecular complexity index is 221. The van der Waals surface area contributed by atoms with Crippen LogP contribution in [0.4, 0.5) is 0 Å². The molecule has 0 spiro atoms. The van der Waals surface area contributed by atoms with Gasteiger partial charge in [0.2, 0.25) is 0 Å². The number of hydrogen-bond acceptors (Lipinski definition) is 2. The molecule has 0 N–H and O–H groups in total. The average molecular weight is 242 g/mol. The SMILES string of the molecule is Clc1cc(Cl)nc(CBr)n1. The molecule has 0 amide bonds. The van der Waals surface area contributed by atoms with Gasteiger partial charge in [-0.2, -0.15) is 0 Å². The molecule has 1 aromatic heterocycles. The van der Waals surface area contributed by atoms with Crippen LogP contribution in [0, 0.1) is 0 Å². The number of hydrogen-bond donors (Lipinski definition) is 0. The van der Waals surface area contributed by atoms with Gasteiger partial charge in [0.1, 0.15) is 16.1 Å². The first kappa shape index (κ1) is 8.24. The summed E-state index contributed by atoms with van der Waals surface area (Å²) in [7, 11) is 0. The third kappa shape index (κ3) is 2.08. The van der Waals surface area contributed by atoms with Crippen LogP contribution < -0.4 is 0 Å². The maximum Gasteiger partial charge on any atom is 0.142 e. The third-order valence-corrected chi connectivity index (χ3v) is 1.72. The van der Waals surface area contributed by atoms with E-state index in [0.717, 1.165) is 0 Å². The molecule has 0 aromatic carbocycles. The van der Waals surface area contributed by atoms with Gasteiger partial charge in [0, 0.05) is 6.07 Å². The summed E-state index contributed by atoms with van der Waals surface area (Å²) in [5.41, 5.74) is 0. The zero-order chi connectivity index (χ0) is 7.56. The van der Waals surface area contributed by atoms with Crippen LogP contribution in [0.3, 0.4) is 0 Å². The Hall–Kier alpha value is 0.140. The molecule has 0 atom stereocenters. The van der Waals surface area contributed by atoms with E-state index in [1.165, 1.54) is 6.07 Å². The molecular weight excluding hydrogens is 239 g/mol. The first-order valence-corrected chi connectivity index (χ1v) is 4.35. The maximum atomic E-state index is 5.57. The summed E-state index contributed by atoms with van der Waals surface area (Å²) in [6.07, 6.45) is 0. The molecule has 0 aliphatic carbocycles. The normalized spacial score (nSPS) is 9.90. The second-order valence-electron chi connectivity index (χ2n) is 1.56. The van der Waals surface area contributed by atoms with E-state index in [0.29, 0.717) is 21.5 Å². The summed E-state index contributed by atoms with van der Waals surface area (Å²) in [6.45, 7) is 0. The molecule has 1 aromatic rings. The lowest BCUT2D eigenvalue weighted by Gasteiger charge is -1.94. The lowest BCUT2D eigenvalue weighted by atomic mass is 10.6. The molecular formula is C5H3BrCl2N2. The van der Waals surface area contributed by atoms with Gasteiger partial charge in [-0.25, -0.2) is 9.97 Å². The fraction of sp³-hybridized carbons (Fsp3) is 0.200. The second-order valence-corrected chi connectivity index (χ2v) is 2.90. The van der Waals surface area contributed by atoms with Crippen molar-refractivity contribution in [2.24, 2.45) is 0 Å². The Kier molecular flexibility index (Phi) is 2.89. The molecule has 0 aliphatic heterocycles. The Morgan fingerprint density at radius 3 is 2.20 bits per heavy atom. The summed E-state index contributed by atoms with van der Waals surface area (Å²) in [5, 5.41) is 1.30. The maximum absolute atomic E-state index is 5.57. The van der Waals surface area contributed by atoms with Crippen LogP contribution in [-0.2, 0) is 5.33 Å². The van der Waals surface area contributed by atoms with Crippen LogP contribution in [0.25, 0.3) is 0 Å². The Balaban J connectivity index is 3.06. The van der Waals surface area contributed by atoms with E-state index in [4.69, 9.17) is 23.2 Å². The molecule has 0 radical (unpaired) electrons. The zero-order valence-electron chi connectivity index (χ0n) is 4.81. The minimum atomic E-state index is 0.370. The van der Waals surface area contributed by atoms with Crippen LogP contribution in [-0.4, -0.2) is 9.97 Å². The number of rotatable bonds is 1. The smallest absolute Gasteiger partial charge is 0.142 e. The predicted molar refractivity (Wildman–Crippen MR) is 44.7 cm³/mol. The largest absolute Gasteiger partial charge is 0.220 e. The van der Waals surface area contributed by atoms with Gasteiger partial charge in [0.15, 0.2) is 0 Å². The number of halogens is 3. The molecule has 54 valence electrons. The molecule has 1 rings (SSSR count).